The van der Waals surface area contributed by atoms with Crippen molar-refractivity contribution in [1.29, 1.82) is 0 Å². The van der Waals surface area contributed by atoms with E-state index in [0.717, 1.165) is 11.3 Å². The Hall–Kier alpha value is -0.940. The van der Waals surface area contributed by atoms with Crippen LogP contribution in [0.5, 0.6) is 0 Å². The number of thiazole rings is 1. The summed E-state index contributed by atoms with van der Waals surface area (Å²) < 4.78 is 0. The molecule has 78 valence electrons. The van der Waals surface area contributed by atoms with Gasteiger partial charge >= 0.3 is 5.97 Å². The number of nitrogens with zero attached hydrogens (tertiary/aromatic N) is 1. The van der Waals surface area contributed by atoms with E-state index >= 15 is 0 Å². The molecule has 1 rings (SSSR count). The summed E-state index contributed by atoms with van der Waals surface area (Å²) in [5.74, 6) is -0.980. The van der Waals surface area contributed by atoms with E-state index in [2.05, 4.69) is 4.98 Å². The van der Waals surface area contributed by atoms with Gasteiger partial charge in [-0.15, -0.1) is 11.3 Å². The van der Waals surface area contributed by atoms with Gasteiger partial charge in [0.15, 0.2) is 0 Å². The van der Waals surface area contributed by atoms with Crippen LogP contribution in [0.25, 0.3) is 0 Å². The zero-order chi connectivity index (χ0) is 10.9. The first-order valence-electron chi connectivity index (χ1n) is 4.20. The Bertz CT molecular complexity index is 351. The molecule has 0 saturated heterocycles. The first-order chi connectivity index (χ1) is 6.36. The third-order valence-corrected chi connectivity index (χ3v) is 2.74. The second-order valence-corrected chi connectivity index (χ2v) is 5.08. The number of aliphatic hydroxyl groups excluding tert-OH is 1. The number of aromatic carboxylic acids is 1. The van der Waals surface area contributed by atoms with Crippen molar-refractivity contribution in [1.82, 2.24) is 4.98 Å². The highest BCUT2D eigenvalue weighted by Crippen LogP contribution is 2.29. The van der Waals surface area contributed by atoms with Gasteiger partial charge < -0.3 is 10.2 Å². The number of rotatable bonds is 2. The van der Waals surface area contributed by atoms with Crippen LogP contribution in [0.1, 0.15) is 41.1 Å². The molecule has 14 heavy (non-hydrogen) atoms. The fourth-order valence-corrected chi connectivity index (χ4v) is 2.06. The Balaban J connectivity index is 3.26. The summed E-state index contributed by atoms with van der Waals surface area (Å²) in [7, 11) is 0. The highest BCUT2D eigenvalue weighted by atomic mass is 32.1. The summed E-state index contributed by atoms with van der Waals surface area (Å²) in [6.07, 6.45) is 0. The van der Waals surface area contributed by atoms with Gasteiger partial charge in [-0.3, -0.25) is 0 Å². The lowest BCUT2D eigenvalue weighted by Crippen LogP contribution is -2.16. The first kappa shape index (κ1) is 11.1. The van der Waals surface area contributed by atoms with Crippen molar-refractivity contribution in [3.63, 3.8) is 0 Å². The highest BCUT2D eigenvalue weighted by Gasteiger charge is 2.26. The largest absolute Gasteiger partial charge is 0.477 e. The second-order valence-electron chi connectivity index (χ2n) is 4.00. The molecule has 5 heteroatoms. The maximum absolute atomic E-state index is 10.9. The van der Waals surface area contributed by atoms with E-state index in [1.165, 1.54) is 0 Å². The molecule has 0 bridgehead atoms. The summed E-state index contributed by atoms with van der Waals surface area (Å²) in [5, 5.41) is 18.3. The average molecular weight is 215 g/mol. The van der Waals surface area contributed by atoms with Crippen LogP contribution in [-0.2, 0) is 12.0 Å². The topological polar surface area (TPSA) is 70.4 Å². The predicted octanol–water partition coefficient (Wildman–Crippen LogP) is 1.63. The number of carboxylic acid groups (broad SMARTS) is 1. The number of hydrogen-bond donors (Lipinski definition) is 2. The Morgan fingerprint density at radius 3 is 2.36 bits per heavy atom. The quantitative estimate of drug-likeness (QED) is 0.786. The van der Waals surface area contributed by atoms with Crippen LogP contribution < -0.4 is 0 Å². The summed E-state index contributed by atoms with van der Waals surface area (Å²) in [6, 6.07) is 0. The monoisotopic (exact) mass is 215 g/mol. The van der Waals surface area contributed by atoms with Crippen LogP contribution in [0, 0.1) is 0 Å². The van der Waals surface area contributed by atoms with Gasteiger partial charge in [-0.25, -0.2) is 9.78 Å². The van der Waals surface area contributed by atoms with E-state index in [4.69, 9.17) is 10.2 Å². The maximum atomic E-state index is 10.9. The van der Waals surface area contributed by atoms with Crippen LogP contribution in [0.3, 0.4) is 0 Å². The van der Waals surface area contributed by atoms with Gasteiger partial charge in [-0.2, -0.15) is 0 Å². The van der Waals surface area contributed by atoms with Gasteiger partial charge in [0.05, 0.1) is 12.3 Å². The molecule has 0 aliphatic rings. The van der Waals surface area contributed by atoms with E-state index in [0.29, 0.717) is 10.7 Å². The standard InChI is InChI=1S/C9H13NO3S/c1-9(2,3)7-6(8(12)13)14-5(4-11)10-7/h11H,4H2,1-3H3,(H,12,13). The molecule has 0 saturated carbocycles. The molecule has 0 amide bonds. The Labute approximate surface area is 86.2 Å². The van der Waals surface area contributed by atoms with Crippen molar-refractivity contribution >= 4 is 17.3 Å². The zero-order valence-corrected chi connectivity index (χ0v) is 9.18. The molecule has 0 atom stereocenters. The summed E-state index contributed by atoms with van der Waals surface area (Å²) in [4.78, 5) is 15.2. The highest BCUT2D eigenvalue weighted by molar-refractivity contribution is 7.13. The lowest BCUT2D eigenvalue weighted by atomic mass is 9.91. The van der Waals surface area contributed by atoms with Gasteiger partial charge in [0.25, 0.3) is 0 Å². The Kier molecular flexibility index (Phi) is 2.92. The van der Waals surface area contributed by atoms with Gasteiger partial charge in [0, 0.05) is 5.41 Å². The molecule has 0 aliphatic carbocycles. The van der Waals surface area contributed by atoms with E-state index in [9.17, 15) is 4.79 Å². The predicted molar refractivity (Wildman–Crippen MR) is 53.7 cm³/mol. The van der Waals surface area contributed by atoms with Crippen molar-refractivity contribution in [2.24, 2.45) is 0 Å². The zero-order valence-electron chi connectivity index (χ0n) is 8.37. The average Bonchev–Trinajstić information content (AvgIpc) is 2.46. The third kappa shape index (κ3) is 2.10. The molecule has 1 heterocycles. The van der Waals surface area contributed by atoms with Crippen molar-refractivity contribution in [2.75, 3.05) is 0 Å². The molecule has 0 aromatic carbocycles. The van der Waals surface area contributed by atoms with Crippen LogP contribution >= 0.6 is 11.3 Å². The molecule has 0 unspecified atom stereocenters. The first-order valence-corrected chi connectivity index (χ1v) is 5.02. The molecule has 0 spiro atoms. The minimum Gasteiger partial charge on any atom is -0.477 e. The van der Waals surface area contributed by atoms with Crippen LogP contribution in [0.4, 0.5) is 0 Å². The van der Waals surface area contributed by atoms with Gasteiger partial charge in [-0.05, 0) is 0 Å². The lowest BCUT2D eigenvalue weighted by Gasteiger charge is -2.15. The number of aromatic nitrogens is 1. The van der Waals surface area contributed by atoms with Gasteiger partial charge in [0.1, 0.15) is 9.88 Å². The molecule has 0 radical (unpaired) electrons. The van der Waals surface area contributed by atoms with E-state index in [-0.39, 0.29) is 16.9 Å². The number of carboxylic acids is 1. The molecule has 2 N–H and O–H groups in total. The molecule has 1 aromatic rings. The maximum Gasteiger partial charge on any atom is 0.347 e. The van der Waals surface area contributed by atoms with Crippen molar-refractivity contribution in [2.45, 2.75) is 32.8 Å². The SMILES string of the molecule is CC(C)(C)c1nc(CO)sc1C(=O)O. The summed E-state index contributed by atoms with van der Waals surface area (Å²) in [6.45, 7) is 5.49. The fraction of sp³-hybridized carbons (Fsp3) is 0.556. The molecule has 0 aliphatic heterocycles. The van der Waals surface area contributed by atoms with Crippen LogP contribution in [-0.4, -0.2) is 21.2 Å². The molecule has 4 nitrogen and oxygen atoms in total. The number of carbonyl (C=O) groups is 1. The van der Waals surface area contributed by atoms with E-state index in [1.807, 2.05) is 20.8 Å². The summed E-state index contributed by atoms with van der Waals surface area (Å²) >= 11 is 1.03. The smallest absolute Gasteiger partial charge is 0.347 e. The minimum absolute atomic E-state index is 0.207. The normalized spacial score (nSPS) is 11.7. The van der Waals surface area contributed by atoms with Crippen molar-refractivity contribution < 1.29 is 15.0 Å². The molecule has 1 aromatic heterocycles. The Morgan fingerprint density at radius 1 is 1.50 bits per heavy atom. The Morgan fingerprint density at radius 2 is 2.07 bits per heavy atom. The van der Waals surface area contributed by atoms with Gasteiger partial charge in [-0.1, -0.05) is 20.8 Å². The molecular weight excluding hydrogens is 202 g/mol. The van der Waals surface area contributed by atoms with Crippen molar-refractivity contribution in [3.8, 4) is 0 Å². The fourth-order valence-electron chi connectivity index (χ4n) is 1.09. The lowest BCUT2D eigenvalue weighted by molar-refractivity contribution is 0.0699. The molecule has 0 fully saturated rings. The number of hydrogen-bond acceptors (Lipinski definition) is 4. The van der Waals surface area contributed by atoms with Crippen LogP contribution in [0.2, 0.25) is 0 Å². The summed E-state index contributed by atoms with van der Waals surface area (Å²) in [5.41, 5.74) is 0.233. The molecular formula is C9H13NO3S. The third-order valence-electron chi connectivity index (χ3n) is 1.71. The van der Waals surface area contributed by atoms with Gasteiger partial charge in [0.2, 0.25) is 0 Å². The number of aliphatic hydroxyl groups is 1. The minimum atomic E-state index is -0.980. The van der Waals surface area contributed by atoms with E-state index in [1.54, 1.807) is 0 Å². The van der Waals surface area contributed by atoms with Crippen molar-refractivity contribution in [3.05, 3.63) is 15.6 Å². The van der Waals surface area contributed by atoms with Crippen LogP contribution in [0.15, 0.2) is 0 Å². The second kappa shape index (κ2) is 3.67. The van der Waals surface area contributed by atoms with E-state index < -0.39 is 5.97 Å².